The van der Waals surface area contributed by atoms with E-state index in [0.29, 0.717) is 17.5 Å². The molecule has 0 atom stereocenters. The Labute approximate surface area is 330 Å². The standard InChI is InChI=1S/C52H33N3S/c1-3-14-36(15-4-1)49-53-50(37-16-5-2-6-17-37)55-51(54-49)40-19-13-18-38(32-40)34-26-28-35(29-27-34)39-30-31-46-48(33-39)56-47-25-12-11-24-45(47)52(46)43-22-9-7-20-41(43)42-21-8-10-23-44(42)52/h1-33H. The lowest BCUT2D eigenvalue weighted by molar-refractivity contribution is 0.722. The minimum atomic E-state index is -0.361. The van der Waals surface area contributed by atoms with Crippen LogP contribution in [0, 0.1) is 0 Å². The van der Waals surface area contributed by atoms with Gasteiger partial charge in [-0.3, -0.25) is 0 Å². The van der Waals surface area contributed by atoms with Crippen LogP contribution in [0.2, 0.25) is 0 Å². The molecular weight excluding hydrogens is 699 g/mol. The lowest BCUT2D eigenvalue weighted by atomic mass is 9.67. The summed E-state index contributed by atoms with van der Waals surface area (Å²) in [5.41, 5.74) is 15.2. The van der Waals surface area contributed by atoms with E-state index < -0.39 is 0 Å². The van der Waals surface area contributed by atoms with Crippen molar-refractivity contribution in [2.24, 2.45) is 0 Å². The molecule has 0 N–H and O–H groups in total. The molecule has 0 radical (unpaired) electrons. The van der Waals surface area contributed by atoms with Crippen LogP contribution in [0.5, 0.6) is 0 Å². The Balaban J connectivity index is 0.962. The molecule has 0 saturated carbocycles. The van der Waals surface area contributed by atoms with Gasteiger partial charge in [-0.15, -0.1) is 0 Å². The van der Waals surface area contributed by atoms with E-state index in [1.807, 2.05) is 72.4 Å². The Morgan fingerprint density at radius 3 is 1.32 bits per heavy atom. The SMILES string of the molecule is c1ccc(-c2nc(-c3ccccc3)nc(-c3cccc(-c4ccc(-c5ccc6c(c5)Sc5ccccc5C65c6ccccc6-c6ccccc65)cc4)c3)n2)cc1. The van der Waals surface area contributed by atoms with E-state index in [2.05, 4.69) is 140 Å². The van der Waals surface area contributed by atoms with Gasteiger partial charge in [0.1, 0.15) is 0 Å². The molecule has 8 aromatic carbocycles. The Kier molecular flexibility index (Phi) is 7.64. The molecule has 262 valence electrons. The Morgan fingerprint density at radius 2 is 0.714 bits per heavy atom. The van der Waals surface area contributed by atoms with Crippen molar-refractivity contribution in [3.63, 3.8) is 0 Å². The zero-order chi connectivity index (χ0) is 37.1. The molecule has 0 bridgehead atoms. The Bertz CT molecular complexity index is 2840. The molecule has 2 heterocycles. The highest BCUT2D eigenvalue weighted by molar-refractivity contribution is 7.99. The van der Waals surface area contributed by atoms with E-state index in [0.717, 1.165) is 27.8 Å². The van der Waals surface area contributed by atoms with E-state index in [1.165, 1.54) is 54.3 Å². The topological polar surface area (TPSA) is 38.7 Å². The number of hydrogen-bond donors (Lipinski definition) is 0. The summed E-state index contributed by atoms with van der Waals surface area (Å²) in [5.74, 6) is 1.96. The van der Waals surface area contributed by atoms with E-state index >= 15 is 0 Å². The van der Waals surface area contributed by atoms with Gasteiger partial charge >= 0.3 is 0 Å². The van der Waals surface area contributed by atoms with Crippen LogP contribution >= 0.6 is 11.8 Å². The highest BCUT2D eigenvalue weighted by Gasteiger charge is 2.50. The summed E-state index contributed by atoms with van der Waals surface area (Å²) >= 11 is 1.88. The fraction of sp³-hybridized carbons (Fsp3) is 0.0192. The highest BCUT2D eigenvalue weighted by Crippen LogP contribution is 2.62. The van der Waals surface area contributed by atoms with Gasteiger partial charge in [-0.05, 0) is 73.8 Å². The molecule has 1 aromatic heterocycles. The summed E-state index contributed by atoms with van der Waals surface area (Å²) in [7, 11) is 0. The van der Waals surface area contributed by atoms with Crippen molar-refractivity contribution in [2.75, 3.05) is 0 Å². The number of hydrogen-bond acceptors (Lipinski definition) is 4. The molecule has 4 heteroatoms. The molecule has 1 aliphatic carbocycles. The van der Waals surface area contributed by atoms with Crippen molar-refractivity contribution in [3.8, 4) is 67.5 Å². The van der Waals surface area contributed by atoms with Crippen molar-refractivity contribution in [1.29, 1.82) is 0 Å². The van der Waals surface area contributed by atoms with Crippen LogP contribution < -0.4 is 0 Å². The first-order chi connectivity index (χ1) is 27.7. The largest absolute Gasteiger partial charge is 0.208 e. The molecular formula is C52H33N3S. The molecule has 1 spiro atoms. The maximum atomic E-state index is 4.96. The second-order valence-corrected chi connectivity index (χ2v) is 15.4. The van der Waals surface area contributed by atoms with Crippen molar-refractivity contribution in [2.45, 2.75) is 15.2 Å². The first-order valence-electron chi connectivity index (χ1n) is 18.9. The average molecular weight is 732 g/mol. The molecule has 0 saturated heterocycles. The summed E-state index contributed by atoms with van der Waals surface area (Å²) in [6.45, 7) is 0. The van der Waals surface area contributed by atoms with Crippen molar-refractivity contribution < 1.29 is 0 Å². The first kappa shape index (κ1) is 32.5. The van der Waals surface area contributed by atoms with Gasteiger partial charge in [-0.2, -0.15) is 0 Å². The number of fused-ring (bicyclic) bond motifs is 9. The molecule has 9 aromatic rings. The molecule has 0 unspecified atom stereocenters. The summed E-state index contributed by atoms with van der Waals surface area (Å²) < 4.78 is 0. The molecule has 2 aliphatic rings. The third-order valence-electron chi connectivity index (χ3n) is 11.2. The molecule has 1 aliphatic heterocycles. The monoisotopic (exact) mass is 731 g/mol. The molecule has 3 nitrogen and oxygen atoms in total. The van der Waals surface area contributed by atoms with Gasteiger partial charge in [-0.1, -0.05) is 194 Å². The van der Waals surface area contributed by atoms with Gasteiger partial charge < -0.3 is 0 Å². The predicted molar refractivity (Wildman–Crippen MR) is 228 cm³/mol. The Hall–Kier alpha value is -6.88. The molecule has 11 rings (SSSR count). The number of benzene rings is 8. The second kappa shape index (κ2) is 13.2. The maximum absolute atomic E-state index is 4.96. The van der Waals surface area contributed by atoms with Crippen LogP contribution in [0.1, 0.15) is 22.3 Å². The lowest BCUT2D eigenvalue weighted by Crippen LogP contribution is -2.31. The maximum Gasteiger partial charge on any atom is 0.164 e. The zero-order valence-corrected chi connectivity index (χ0v) is 31.1. The van der Waals surface area contributed by atoms with E-state index in [-0.39, 0.29) is 5.41 Å². The third kappa shape index (κ3) is 5.18. The van der Waals surface area contributed by atoms with Crippen LogP contribution in [-0.4, -0.2) is 15.0 Å². The zero-order valence-electron chi connectivity index (χ0n) is 30.3. The molecule has 0 fully saturated rings. The van der Waals surface area contributed by atoms with Crippen LogP contribution in [0.4, 0.5) is 0 Å². The summed E-state index contributed by atoms with van der Waals surface area (Å²) in [6.07, 6.45) is 0. The summed E-state index contributed by atoms with van der Waals surface area (Å²) in [4.78, 5) is 17.4. The predicted octanol–water partition coefficient (Wildman–Crippen LogP) is 13.0. The second-order valence-electron chi connectivity index (χ2n) is 14.3. The van der Waals surface area contributed by atoms with Crippen LogP contribution in [0.15, 0.2) is 210 Å². The van der Waals surface area contributed by atoms with E-state index in [4.69, 9.17) is 15.0 Å². The van der Waals surface area contributed by atoms with Gasteiger partial charge in [0.25, 0.3) is 0 Å². The normalized spacial score (nSPS) is 13.1. The van der Waals surface area contributed by atoms with Crippen LogP contribution in [0.3, 0.4) is 0 Å². The van der Waals surface area contributed by atoms with Gasteiger partial charge in [0.2, 0.25) is 0 Å². The first-order valence-corrected chi connectivity index (χ1v) is 19.8. The van der Waals surface area contributed by atoms with E-state index in [9.17, 15) is 0 Å². The number of nitrogens with zero attached hydrogens (tertiary/aromatic N) is 3. The van der Waals surface area contributed by atoms with Crippen molar-refractivity contribution in [3.05, 3.63) is 222 Å². The number of aromatic nitrogens is 3. The summed E-state index contributed by atoms with van der Waals surface area (Å²) in [6, 6.07) is 71.6. The minimum Gasteiger partial charge on any atom is -0.208 e. The van der Waals surface area contributed by atoms with Gasteiger partial charge in [-0.25, -0.2) is 15.0 Å². The smallest absolute Gasteiger partial charge is 0.164 e. The van der Waals surface area contributed by atoms with Gasteiger partial charge in [0.15, 0.2) is 17.5 Å². The van der Waals surface area contributed by atoms with Crippen LogP contribution in [0.25, 0.3) is 67.5 Å². The van der Waals surface area contributed by atoms with Crippen molar-refractivity contribution >= 4 is 11.8 Å². The quantitative estimate of drug-likeness (QED) is 0.177. The van der Waals surface area contributed by atoms with Crippen LogP contribution in [-0.2, 0) is 5.41 Å². The molecule has 56 heavy (non-hydrogen) atoms. The average Bonchev–Trinajstić information content (AvgIpc) is 3.57. The third-order valence-corrected chi connectivity index (χ3v) is 12.4. The lowest BCUT2D eigenvalue weighted by Gasteiger charge is -2.39. The highest BCUT2D eigenvalue weighted by atomic mass is 32.2. The van der Waals surface area contributed by atoms with E-state index in [1.54, 1.807) is 0 Å². The fourth-order valence-corrected chi connectivity index (χ4v) is 9.90. The fourth-order valence-electron chi connectivity index (χ4n) is 8.67. The van der Waals surface area contributed by atoms with Gasteiger partial charge in [0, 0.05) is 26.5 Å². The number of rotatable bonds is 5. The van der Waals surface area contributed by atoms with Gasteiger partial charge in [0.05, 0.1) is 5.41 Å². The van der Waals surface area contributed by atoms with Crippen molar-refractivity contribution in [1.82, 2.24) is 15.0 Å². The molecule has 0 amide bonds. The Morgan fingerprint density at radius 1 is 0.286 bits per heavy atom. The minimum absolute atomic E-state index is 0.361. The summed E-state index contributed by atoms with van der Waals surface area (Å²) in [5, 5.41) is 0.